The van der Waals surface area contributed by atoms with E-state index in [1.165, 1.54) is 6.07 Å². The van der Waals surface area contributed by atoms with Gasteiger partial charge in [-0.3, -0.25) is 4.79 Å². The van der Waals surface area contributed by atoms with Gasteiger partial charge in [-0.05, 0) is 24.6 Å². The number of aliphatic hydroxyl groups is 1. The number of aliphatic hydroxyl groups excluding tert-OH is 1. The molecule has 1 atom stereocenters. The monoisotopic (exact) mass is 355 g/mol. The molecule has 0 aliphatic carbocycles. The molecule has 0 saturated heterocycles. The summed E-state index contributed by atoms with van der Waals surface area (Å²) in [6.45, 7) is -0.512. The van der Waals surface area contributed by atoms with Gasteiger partial charge in [0.05, 0.1) is 0 Å². The third kappa shape index (κ3) is 4.23. The second-order valence-electron chi connectivity index (χ2n) is 3.60. The maximum atomic E-state index is 13.5. The van der Waals surface area contributed by atoms with E-state index in [2.05, 4.69) is 15.9 Å². The Bertz CT molecular complexity index is 577. The summed E-state index contributed by atoms with van der Waals surface area (Å²) >= 11 is 2.98. The van der Waals surface area contributed by atoms with E-state index >= 15 is 0 Å². The number of nitrogens with one attached hydrogen (secondary N) is 1. The van der Waals surface area contributed by atoms with Crippen molar-refractivity contribution >= 4 is 31.9 Å². The number of aliphatic carboxylic acids is 1. The molecule has 1 rings (SSSR count). The van der Waals surface area contributed by atoms with E-state index in [9.17, 15) is 17.6 Å². The van der Waals surface area contributed by atoms with Gasteiger partial charge in [0.2, 0.25) is 10.0 Å². The topological polar surface area (TPSA) is 104 Å². The number of rotatable bonds is 6. The summed E-state index contributed by atoms with van der Waals surface area (Å²) in [5.74, 6) is -2.45. The number of halogens is 2. The standard InChI is InChI=1S/C10H11BrFNO5S/c11-6-1-2-9(7(12)5-6)19(17,18)13-8(3-4-14)10(15)16/h1-2,5,8,13-14H,3-4H2,(H,15,16)/t8-/m1/s1. The molecule has 0 radical (unpaired) electrons. The zero-order chi connectivity index (χ0) is 14.6. The second kappa shape index (κ2) is 6.42. The normalized spacial score (nSPS) is 13.2. The fourth-order valence-corrected chi connectivity index (χ4v) is 2.92. The Balaban J connectivity index is 3.06. The first kappa shape index (κ1) is 16.0. The molecule has 0 amide bonds. The van der Waals surface area contributed by atoms with E-state index in [-0.39, 0.29) is 6.42 Å². The molecule has 0 aromatic heterocycles. The van der Waals surface area contributed by atoms with Gasteiger partial charge in [0.1, 0.15) is 16.8 Å². The molecule has 0 aliphatic rings. The molecule has 3 N–H and O–H groups in total. The third-order valence-electron chi connectivity index (χ3n) is 2.20. The van der Waals surface area contributed by atoms with E-state index in [4.69, 9.17) is 10.2 Å². The average molecular weight is 356 g/mol. The summed E-state index contributed by atoms with van der Waals surface area (Å²) in [6.07, 6.45) is -0.313. The summed E-state index contributed by atoms with van der Waals surface area (Å²) in [5.41, 5.74) is 0. The number of carbonyl (C=O) groups is 1. The quantitative estimate of drug-likeness (QED) is 0.696. The lowest BCUT2D eigenvalue weighted by Gasteiger charge is -2.14. The largest absolute Gasteiger partial charge is 0.480 e. The van der Waals surface area contributed by atoms with Crippen LogP contribution in [0.4, 0.5) is 4.39 Å². The highest BCUT2D eigenvalue weighted by atomic mass is 79.9. The number of carboxylic acid groups (broad SMARTS) is 1. The minimum absolute atomic E-state index is 0.313. The lowest BCUT2D eigenvalue weighted by Crippen LogP contribution is -2.41. The summed E-state index contributed by atoms with van der Waals surface area (Å²) in [7, 11) is -4.31. The predicted octanol–water partition coefficient (Wildman–Crippen LogP) is 0.702. The molecule has 1 aromatic rings. The van der Waals surface area contributed by atoms with Crippen LogP contribution >= 0.6 is 15.9 Å². The third-order valence-corrected chi connectivity index (χ3v) is 4.19. The molecule has 9 heteroatoms. The molecular formula is C10H11BrFNO5S. The highest BCUT2D eigenvalue weighted by molar-refractivity contribution is 9.10. The van der Waals surface area contributed by atoms with Crippen LogP contribution in [0.2, 0.25) is 0 Å². The molecule has 0 heterocycles. The number of hydrogen-bond donors (Lipinski definition) is 3. The molecule has 1 aromatic carbocycles. The molecule has 0 unspecified atom stereocenters. The van der Waals surface area contributed by atoms with Gasteiger partial charge in [0.15, 0.2) is 0 Å². The first-order valence-corrected chi connectivity index (χ1v) is 7.36. The van der Waals surface area contributed by atoms with Crippen LogP contribution in [0.15, 0.2) is 27.6 Å². The van der Waals surface area contributed by atoms with Crippen molar-refractivity contribution in [3.05, 3.63) is 28.5 Å². The van der Waals surface area contributed by atoms with Crippen molar-refractivity contribution in [3.63, 3.8) is 0 Å². The zero-order valence-corrected chi connectivity index (χ0v) is 11.9. The number of benzene rings is 1. The molecule has 0 spiro atoms. The van der Waals surface area contributed by atoms with Crippen LogP contribution in [0, 0.1) is 5.82 Å². The molecule has 19 heavy (non-hydrogen) atoms. The maximum absolute atomic E-state index is 13.5. The summed E-state index contributed by atoms with van der Waals surface area (Å²) in [4.78, 5) is 10.1. The number of carboxylic acids is 1. The van der Waals surface area contributed by atoms with Gasteiger partial charge in [0, 0.05) is 11.1 Å². The Labute approximate surface area is 117 Å². The van der Waals surface area contributed by atoms with E-state index in [0.29, 0.717) is 4.47 Å². The van der Waals surface area contributed by atoms with Crippen molar-refractivity contribution < 1.29 is 27.8 Å². The van der Waals surface area contributed by atoms with Crippen molar-refractivity contribution in [2.24, 2.45) is 0 Å². The van der Waals surface area contributed by atoms with Crippen LogP contribution in [-0.4, -0.2) is 37.2 Å². The van der Waals surface area contributed by atoms with Crippen molar-refractivity contribution in [1.29, 1.82) is 0 Å². The Morgan fingerprint density at radius 3 is 2.58 bits per heavy atom. The van der Waals surface area contributed by atoms with Crippen LogP contribution < -0.4 is 4.72 Å². The molecule has 0 saturated carbocycles. The van der Waals surface area contributed by atoms with Gasteiger partial charge in [-0.2, -0.15) is 4.72 Å². The fraction of sp³-hybridized carbons (Fsp3) is 0.300. The summed E-state index contributed by atoms with van der Waals surface area (Å²) in [6, 6.07) is 1.77. The Morgan fingerprint density at radius 1 is 1.47 bits per heavy atom. The zero-order valence-electron chi connectivity index (χ0n) is 9.51. The van der Waals surface area contributed by atoms with E-state index < -0.39 is 39.4 Å². The Morgan fingerprint density at radius 2 is 2.11 bits per heavy atom. The molecule has 0 aliphatic heterocycles. The van der Waals surface area contributed by atoms with Crippen LogP contribution in [0.3, 0.4) is 0 Å². The van der Waals surface area contributed by atoms with Crippen LogP contribution in [-0.2, 0) is 14.8 Å². The molecule has 0 fully saturated rings. The van der Waals surface area contributed by atoms with Crippen LogP contribution in [0.1, 0.15) is 6.42 Å². The van der Waals surface area contributed by atoms with Crippen molar-refractivity contribution in [3.8, 4) is 0 Å². The minimum Gasteiger partial charge on any atom is -0.480 e. The van der Waals surface area contributed by atoms with Gasteiger partial charge >= 0.3 is 5.97 Å². The summed E-state index contributed by atoms with van der Waals surface area (Å²) in [5, 5.41) is 17.5. The smallest absolute Gasteiger partial charge is 0.321 e. The molecule has 0 bridgehead atoms. The average Bonchev–Trinajstić information content (AvgIpc) is 2.27. The van der Waals surface area contributed by atoms with Gasteiger partial charge in [-0.1, -0.05) is 15.9 Å². The summed E-state index contributed by atoms with van der Waals surface area (Å²) < 4.78 is 39.4. The Hall–Kier alpha value is -1.03. The number of hydrogen-bond acceptors (Lipinski definition) is 4. The first-order valence-electron chi connectivity index (χ1n) is 5.09. The first-order chi connectivity index (χ1) is 8.77. The van der Waals surface area contributed by atoms with Crippen LogP contribution in [0.5, 0.6) is 0 Å². The highest BCUT2D eigenvalue weighted by Gasteiger charge is 2.27. The van der Waals surface area contributed by atoms with E-state index in [1.54, 1.807) is 0 Å². The van der Waals surface area contributed by atoms with Gasteiger partial charge in [-0.25, -0.2) is 12.8 Å². The lowest BCUT2D eigenvalue weighted by atomic mass is 10.2. The van der Waals surface area contributed by atoms with Crippen molar-refractivity contribution in [2.75, 3.05) is 6.61 Å². The molecule has 6 nitrogen and oxygen atoms in total. The van der Waals surface area contributed by atoms with Crippen molar-refractivity contribution in [1.82, 2.24) is 4.72 Å². The Kier molecular flexibility index (Phi) is 5.41. The van der Waals surface area contributed by atoms with E-state index in [1.807, 2.05) is 4.72 Å². The predicted molar refractivity (Wildman–Crippen MR) is 67.5 cm³/mol. The SMILES string of the molecule is O=C(O)[C@@H](CCO)NS(=O)(=O)c1ccc(Br)cc1F. The highest BCUT2D eigenvalue weighted by Crippen LogP contribution is 2.19. The van der Waals surface area contributed by atoms with Gasteiger partial charge in [0.25, 0.3) is 0 Å². The van der Waals surface area contributed by atoms with Gasteiger partial charge in [-0.15, -0.1) is 0 Å². The van der Waals surface area contributed by atoms with Crippen LogP contribution in [0.25, 0.3) is 0 Å². The lowest BCUT2D eigenvalue weighted by molar-refractivity contribution is -0.139. The molecular weight excluding hydrogens is 345 g/mol. The van der Waals surface area contributed by atoms with Crippen molar-refractivity contribution in [2.45, 2.75) is 17.4 Å². The number of sulfonamides is 1. The van der Waals surface area contributed by atoms with Gasteiger partial charge < -0.3 is 10.2 Å². The fourth-order valence-electron chi connectivity index (χ4n) is 1.31. The maximum Gasteiger partial charge on any atom is 0.321 e. The second-order valence-corrected chi connectivity index (χ2v) is 6.20. The molecule has 106 valence electrons. The minimum atomic E-state index is -4.31. The van der Waals surface area contributed by atoms with E-state index in [0.717, 1.165) is 12.1 Å².